The van der Waals surface area contributed by atoms with Crippen molar-refractivity contribution in [3.63, 3.8) is 0 Å². The first-order valence-corrected chi connectivity index (χ1v) is 14.4. The van der Waals surface area contributed by atoms with Crippen molar-refractivity contribution in [1.82, 2.24) is 14.7 Å². The van der Waals surface area contributed by atoms with Crippen molar-refractivity contribution in [2.75, 3.05) is 24.6 Å². The van der Waals surface area contributed by atoms with Gasteiger partial charge in [-0.1, -0.05) is 23.7 Å². The fourth-order valence-electron chi connectivity index (χ4n) is 5.91. The zero-order valence-corrected chi connectivity index (χ0v) is 24.5. The minimum atomic E-state index is -0.581. The molecule has 1 aromatic heterocycles. The standard InChI is InChI=1S/C31H33ClN4O5/c1-5-40-28(38)25-23-11-14-35(27(37)26(23)36(33-25)22-8-6-7-20(32)16-22)21-9-10-24-19(15-21)17-34(18-31(24)12-13-31)29(39)41-30(2,3)4/h6-10,15-16H,5,11-14,17-18H2,1-4H3. The van der Waals surface area contributed by atoms with Crippen molar-refractivity contribution in [1.29, 1.82) is 0 Å². The van der Waals surface area contributed by atoms with E-state index in [9.17, 15) is 14.4 Å². The van der Waals surface area contributed by atoms with E-state index in [0.717, 1.165) is 24.1 Å². The van der Waals surface area contributed by atoms with Crippen LogP contribution in [0.25, 0.3) is 5.69 Å². The summed E-state index contributed by atoms with van der Waals surface area (Å²) in [5, 5.41) is 5.02. The number of anilines is 1. The first-order valence-electron chi connectivity index (χ1n) is 14.0. The number of carbonyl (C=O) groups is 3. The van der Waals surface area contributed by atoms with Crippen molar-refractivity contribution in [2.24, 2.45) is 0 Å². The maximum Gasteiger partial charge on any atom is 0.410 e. The first-order chi connectivity index (χ1) is 19.5. The molecule has 0 atom stereocenters. The van der Waals surface area contributed by atoms with Crippen molar-refractivity contribution in [3.8, 4) is 5.69 Å². The Labute approximate surface area is 244 Å². The summed E-state index contributed by atoms with van der Waals surface area (Å²) in [6, 6.07) is 13.1. The molecular weight excluding hydrogens is 544 g/mol. The summed E-state index contributed by atoms with van der Waals surface area (Å²) in [7, 11) is 0. The molecule has 3 heterocycles. The summed E-state index contributed by atoms with van der Waals surface area (Å²) in [5.74, 6) is -0.827. The Bertz CT molecular complexity index is 1570. The lowest BCUT2D eigenvalue weighted by molar-refractivity contribution is 0.0196. The molecule has 3 aromatic rings. The lowest BCUT2D eigenvalue weighted by Crippen LogP contribution is -2.44. The van der Waals surface area contributed by atoms with Crippen molar-refractivity contribution in [3.05, 3.63) is 75.6 Å². The van der Waals surface area contributed by atoms with Crippen LogP contribution in [-0.2, 0) is 27.9 Å². The number of fused-ring (bicyclic) bond motifs is 3. The Morgan fingerprint density at radius 3 is 2.56 bits per heavy atom. The highest BCUT2D eigenvalue weighted by atomic mass is 35.5. The van der Waals surface area contributed by atoms with Crippen LogP contribution in [0.5, 0.6) is 0 Å². The van der Waals surface area contributed by atoms with Gasteiger partial charge in [0.1, 0.15) is 11.3 Å². The highest BCUT2D eigenvalue weighted by Crippen LogP contribution is 2.53. The molecule has 6 rings (SSSR count). The van der Waals surface area contributed by atoms with E-state index >= 15 is 0 Å². The van der Waals surface area contributed by atoms with E-state index in [0.29, 0.717) is 48.0 Å². The van der Waals surface area contributed by atoms with Crippen LogP contribution >= 0.6 is 11.6 Å². The molecule has 1 spiro atoms. The third-order valence-electron chi connectivity index (χ3n) is 7.87. The van der Waals surface area contributed by atoms with Gasteiger partial charge in [-0.3, -0.25) is 4.79 Å². The number of ether oxygens (including phenoxy) is 2. The molecule has 9 nitrogen and oxygen atoms in total. The maximum absolute atomic E-state index is 14.1. The second-order valence-corrected chi connectivity index (χ2v) is 12.4. The number of esters is 1. The molecule has 2 aromatic carbocycles. The second kappa shape index (κ2) is 9.91. The highest BCUT2D eigenvalue weighted by Gasteiger charge is 2.50. The van der Waals surface area contributed by atoms with Gasteiger partial charge in [0.2, 0.25) is 0 Å². The molecule has 1 fully saturated rings. The largest absolute Gasteiger partial charge is 0.461 e. The lowest BCUT2D eigenvalue weighted by atomic mass is 9.86. The summed E-state index contributed by atoms with van der Waals surface area (Å²) in [6.07, 6.45) is 2.14. The molecule has 1 saturated carbocycles. The quantitative estimate of drug-likeness (QED) is 0.371. The number of hydrogen-bond donors (Lipinski definition) is 0. The molecule has 3 aliphatic rings. The van der Waals surface area contributed by atoms with Gasteiger partial charge in [0, 0.05) is 41.3 Å². The Hall–Kier alpha value is -3.85. The average molecular weight is 577 g/mol. The van der Waals surface area contributed by atoms with Gasteiger partial charge in [0.05, 0.1) is 12.3 Å². The number of nitrogens with zero attached hydrogens (tertiary/aromatic N) is 4. The van der Waals surface area contributed by atoms with Gasteiger partial charge >= 0.3 is 12.1 Å². The SMILES string of the molecule is CCOC(=O)c1nn(-c2cccc(Cl)c2)c2c1CCN(c1ccc3c(c1)CN(C(=O)OC(C)(C)C)CC31CC1)C2=O. The Balaban J connectivity index is 1.36. The van der Waals surface area contributed by atoms with E-state index < -0.39 is 11.6 Å². The van der Waals surface area contributed by atoms with E-state index in [1.165, 1.54) is 10.2 Å². The summed E-state index contributed by atoms with van der Waals surface area (Å²) >= 11 is 6.26. The van der Waals surface area contributed by atoms with E-state index in [2.05, 4.69) is 11.2 Å². The summed E-state index contributed by atoms with van der Waals surface area (Å²) < 4.78 is 12.4. The third kappa shape index (κ3) is 4.96. The van der Waals surface area contributed by atoms with Gasteiger partial charge in [0.15, 0.2) is 5.69 Å². The van der Waals surface area contributed by atoms with Crippen molar-refractivity contribution in [2.45, 2.75) is 64.5 Å². The summed E-state index contributed by atoms with van der Waals surface area (Å²) in [5.41, 5.74) is 3.95. The molecule has 1 aliphatic carbocycles. The number of carbonyl (C=O) groups excluding carboxylic acids is 3. The van der Waals surface area contributed by atoms with Gasteiger partial charge in [-0.05, 0) is 88.4 Å². The lowest BCUT2D eigenvalue weighted by Gasteiger charge is -2.37. The topological polar surface area (TPSA) is 94.0 Å². The minimum absolute atomic E-state index is 0.0537. The number of aromatic nitrogens is 2. The molecule has 10 heteroatoms. The second-order valence-electron chi connectivity index (χ2n) is 12.0. The first kappa shape index (κ1) is 27.3. The predicted octanol–water partition coefficient (Wildman–Crippen LogP) is 5.69. The summed E-state index contributed by atoms with van der Waals surface area (Å²) in [6.45, 7) is 8.96. The van der Waals surface area contributed by atoms with Crippen LogP contribution in [0.1, 0.15) is 78.2 Å². The number of rotatable bonds is 4. The van der Waals surface area contributed by atoms with Crippen LogP contribution in [0.3, 0.4) is 0 Å². The van der Waals surface area contributed by atoms with E-state index in [-0.39, 0.29) is 29.7 Å². The smallest absolute Gasteiger partial charge is 0.410 e. The number of amides is 2. The highest BCUT2D eigenvalue weighted by molar-refractivity contribution is 6.30. The van der Waals surface area contributed by atoms with E-state index in [1.807, 2.05) is 32.9 Å². The maximum atomic E-state index is 14.1. The predicted molar refractivity (Wildman–Crippen MR) is 154 cm³/mol. The van der Waals surface area contributed by atoms with Gasteiger partial charge in [0.25, 0.3) is 5.91 Å². The van der Waals surface area contributed by atoms with Crippen molar-refractivity contribution >= 4 is 35.3 Å². The van der Waals surface area contributed by atoms with Crippen LogP contribution in [0.4, 0.5) is 10.5 Å². The normalized spacial score (nSPS) is 17.2. The van der Waals surface area contributed by atoms with Gasteiger partial charge in [-0.15, -0.1) is 0 Å². The monoisotopic (exact) mass is 576 g/mol. The Morgan fingerprint density at radius 2 is 1.88 bits per heavy atom. The molecule has 0 bridgehead atoms. The molecule has 214 valence electrons. The third-order valence-corrected chi connectivity index (χ3v) is 8.11. The minimum Gasteiger partial charge on any atom is -0.461 e. The summed E-state index contributed by atoms with van der Waals surface area (Å²) in [4.78, 5) is 43.4. The molecule has 41 heavy (non-hydrogen) atoms. The van der Waals surface area contributed by atoms with E-state index in [1.54, 1.807) is 41.0 Å². The Kier molecular flexibility index (Phi) is 6.60. The van der Waals surface area contributed by atoms with E-state index in [4.69, 9.17) is 21.1 Å². The van der Waals surface area contributed by atoms with Crippen LogP contribution in [0.15, 0.2) is 42.5 Å². The Morgan fingerprint density at radius 1 is 1.10 bits per heavy atom. The average Bonchev–Trinajstić information content (AvgIpc) is 3.56. The van der Waals surface area contributed by atoms with Gasteiger partial charge < -0.3 is 19.3 Å². The van der Waals surface area contributed by atoms with Crippen molar-refractivity contribution < 1.29 is 23.9 Å². The fraction of sp³-hybridized carbons (Fsp3) is 0.419. The molecule has 2 aliphatic heterocycles. The molecule has 2 amide bonds. The molecule has 0 unspecified atom stereocenters. The van der Waals surface area contributed by atoms with Gasteiger partial charge in [-0.2, -0.15) is 5.10 Å². The molecule has 0 N–H and O–H groups in total. The number of halogens is 1. The number of hydrogen-bond acceptors (Lipinski definition) is 6. The molecule has 0 radical (unpaired) electrons. The molecule has 0 saturated heterocycles. The molecular formula is C31H33ClN4O5. The van der Waals surface area contributed by atoms with Crippen LogP contribution in [-0.4, -0.2) is 57.9 Å². The zero-order chi connectivity index (χ0) is 29.1. The fourth-order valence-corrected chi connectivity index (χ4v) is 6.09. The zero-order valence-electron chi connectivity index (χ0n) is 23.7. The van der Waals surface area contributed by atoms with Crippen LogP contribution in [0.2, 0.25) is 5.02 Å². The van der Waals surface area contributed by atoms with Gasteiger partial charge in [-0.25, -0.2) is 14.3 Å². The number of benzene rings is 2. The van der Waals surface area contributed by atoms with Crippen LogP contribution < -0.4 is 4.90 Å². The van der Waals surface area contributed by atoms with Crippen LogP contribution in [0, 0.1) is 0 Å².